The summed E-state index contributed by atoms with van der Waals surface area (Å²) in [5.41, 5.74) is 1.69. The molecular weight excluding hydrogens is 374 g/mol. The molecule has 3 atom stereocenters. The van der Waals surface area contributed by atoms with Crippen molar-refractivity contribution in [2.24, 2.45) is 5.92 Å². The highest BCUT2D eigenvalue weighted by Crippen LogP contribution is 2.39. The van der Waals surface area contributed by atoms with E-state index in [1.165, 1.54) is 0 Å². The van der Waals surface area contributed by atoms with Crippen LogP contribution < -0.4 is 4.72 Å². The van der Waals surface area contributed by atoms with Crippen molar-refractivity contribution in [2.75, 3.05) is 6.54 Å². The van der Waals surface area contributed by atoms with E-state index in [1.54, 1.807) is 30.3 Å². The van der Waals surface area contributed by atoms with E-state index in [0.29, 0.717) is 18.5 Å². The van der Waals surface area contributed by atoms with Gasteiger partial charge in [0.25, 0.3) is 5.91 Å². The van der Waals surface area contributed by atoms with Crippen LogP contribution in [0.2, 0.25) is 0 Å². The fourth-order valence-electron chi connectivity index (χ4n) is 4.57. The number of carbonyl (C=O) groups is 1. The molecule has 1 saturated heterocycles. The smallest absolute Gasteiger partial charge is 0.254 e. The van der Waals surface area contributed by atoms with Crippen LogP contribution in [0.15, 0.2) is 65.7 Å². The third-order valence-corrected chi connectivity index (χ3v) is 7.47. The number of fused-ring (bicyclic) bond motifs is 3. The van der Waals surface area contributed by atoms with Crippen LogP contribution in [0.3, 0.4) is 0 Å². The molecular formula is C21H21N3O3S. The molecule has 1 saturated carbocycles. The SMILES string of the molecule is O=C(c1ccc2[nH]ccc2c1)N1CC2CC1CC2NS(=O)(=O)c1ccccc1. The third-order valence-electron chi connectivity index (χ3n) is 5.96. The average Bonchev–Trinajstić information content (AvgIpc) is 3.42. The zero-order chi connectivity index (χ0) is 19.3. The van der Waals surface area contributed by atoms with Crippen LogP contribution >= 0.6 is 0 Å². The van der Waals surface area contributed by atoms with Gasteiger partial charge in [0.05, 0.1) is 4.90 Å². The van der Waals surface area contributed by atoms with Gasteiger partial charge in [0.15, 0.2) is 0 Å². The van der Waals surface area contributed by atoms with Gasteiger partial charge in [0, 0.05) is 41.3 Å². The Morgan fingerprint density at radius 1 is 1.07 bits per heavy atom. The maximum absolute atomic E-state index is 13.0. The summed E-state index contributed by atoms with van der Waals surface area (Å²) in [5, 5.41) is 1.02. The zero-order valence-corrected chi connectivity index (χ0v) is 16.0. The van der Waals surface area contributed by atoms with Gasteiger partial charge in [-0.2, -0.15) is 0 Å². The van der Waals surface area contributed by atoms with Gasteiger partial charge in [0.2, 0.25) is 10.0 Å². The monoisotopic (exact) mass is 395 g/mol. The van der Waals surface area contributed by atoms with E-state index in [9.17, 15) is 13.2 Å². The first kappa shape index (κ1) is 17.5. The lowest BCUT2D eigenvalue weighted by atomic mass is 10.0. The summed E-state index contributed by atoms with van der Waals surface area (Å²) in [6, 6.07) is 16.0. The maximum atomic E-state index is 13.0. The van der Waals surface area contributed by atoms with Gasteiger partial charge >= 0.3 is 0 Å². The molecule has 3 unspecified atom stereocenters. The molecule has 3 aromatic rings. The molecule has 1 aromatic heterocycles. The van der Waals surface area contributed by atoms with Gasteiger partial charge in [-0.3, -0.25) is 4.79 Å². The molecule has 1 aliphatic heterocycles. The van der Waals surface area contributed by atoms with Gasteiger partial charge in [0.1, 0.15) is 0 Å². The molecule has 144 valence electrons. The summed E-state index contributed by atoms with van der Waals surface area (Å²) >= 11 is 0. The van der Waals surface area contributed by atoms with Crippen molar-refractivity contribution in [3.05, 3.63) is 66.4 Å². The number of nitrogens with zero attached hydrogens (tertiary/aromatic N) is 1. The van der Waals surface area contributed by atoms with Crippen LogP contribution in [0.5, 0.6) is 0 Å². The lowest BCUT2D eigenvalue weighted by molar-refractivity contribution is 0.0691. The Labute approximate surface area is 163 Å². The van der Waals surface area contributed by atoms with Crippen molar-refractivity contribution >= 4 is 26.8 Å². The van der Waals surface area contributed by atoms with Crippen molar-refractivity contribution in [3.8, 4) is 0 Å². The number of nitrogens with one attached hydrogen (secondary N) is 2. The number of amides is 1. The van der Waals surface area contributed by atoms with E-state index < -0.39 is 10.0 Å². The fourth-order valence-corrected chi connectivity index (χ4v) is 5.90. The molecule has 7 heteroatoms. The summed E-state index contributed by atoms with van der Waals surface area (Å²) in [5.74, 6) is 0.184. The highest BCUT2D eigenvalue weighted by molar-refractivity contribution is 7.89. The van der Waals surface area contributed by atoms with E-state index in [1.807, 2.05) is 35.4 Å². The molecule has 1 amide bonds. The van der Waals surface area contributed by atoms with E-state index in [-0.39, 0.29) is 28.8 Å². The summed E-state index contributed by atoms with van der Waals surface area (Å²) in [6.07, 6.45) is 3.37. The summed E-state index contributed by atoms with van der Waals surface area (Å²) in [6.45, 7) is 0.594. The van der Waals surface area contributed by atoms with Gasteiger partial charge < -0.3 is 9.88 Å². The number of aromatic amines is 1. The van der Waals surface area contributed by atoms with E-state index in [0.717, 1.165) is 17.3 Å². The van der Waals surface area contributed by atoms with E-state index in [4.69, 9.17) is 0 Å². The molecule has 6 nitrogen and oxygen atoms in total. The Balaban J connectivity index is 1.30. The van der Waals surface area contributed by atoms with Crippen molar-refractivity contribution in [3.63, 3.8) is 0 Å². The molecule has 0 spiro atoms. The fraction of sp³-hybridized carbons (Fsp3) is 0.286. The Morgan fingerprint density at radius 3 is 2.64 bits per heavy atom. The largest absolute Gasteiger partial charge is 0.361 e. The number of aromatic nitrogens is 1. The summed E-state index contributed by atoms with van der Waals surface area (Å²) in [4.78, 5) is 18.3. The van der Waals surface area contributed by atoms with Crippen molar-refractivity contribution in [1.29, 1.82) is 0 Å². The number of likely N-dealkylation sites (tertiary alicyclic amines) is 1. The topological polar surface area (TPSA) is 82.3 Å². The van der Waals surface area contributed by atoms with Crippen molar-refractivity contribution < 1.29 is 13.2 Å². The number of benzene rings is 2. The number of carbonyl (C=O) groups excluding carboxylic acids is 1. The summed E-state index contributed by atoms with van der Waals surface area (Å²) < 4.78 is 28.1. The van der Waals surface area contributed by atoms with Crippen LogP contribution in [0, 0.1) is 5.92 Å². The van der Waals surface area contributed by atoms with Gasteiger partial charge in [-0.25, -0.2) is 13.1 Å². The molecule has 5 rings (SSSR count). The molecule has 2 aromatic carbocycles. The average molecular weight is 395 g/mol. The van der Waals surface area contributed by atoms with Crippen LogP contribution in [-0.2, 0) is 10.0 Å². The minimum atomic E-state index is -3.53. The van der Waals surface area contributed by atoms with E-state index in [2.05, 4.69) is 9.71 Å². The second-order valence-corrected chi connectivity index (χ2v) is 9.38. The maximum Gasteiger partial charge on any atom is 0.254 e. The molecule has 28 heavy (non-hydrogen) atoms. The van der Waals surface area contributed by atoms with Gasteiger partial charge in [-0.15, -0.1) is 0 Å². The second kappa shape index (κ2) is 6.46. The molecule has 2 heterocycles. The first-order valence-corrected chi connectivity index (χ1v) is 10.9. The molecule has 1 aliphatic carbocycles. The molecule has 2 N–H and O–H groups in total. The predicted molar refractivity (Wildman–Crippen MR) is 106 cm³/mol. The van der Waals surface area contributed by atoms with Crippen LogP contribution in [0.1, 0.15) is 23.2 Å². The highest BCUT2D eigenvalue weighted by Gasteiger charge is 2.47. The van der Waals surface area contributed by atoms with Crippen molar-refractivity contribution in [2.45, 2.75) is 29.8 Å². The Bertz CT molecular complexity index is 1140. The molecule has 2 aliphatic rings. The van der Waals surface area contributed by atoms with Gasteiger partial charge in [-0.1, -0.05) is 18.2 Å². The number of hydrogen-bond acceptors (Lipinski definition) is 3. The predicted octanol–water partition coefficient (Wildman–Crippen LogP) is 2.75. The third kappa shape index (κ3) is 2.91. The molecule has 0 radical (unpaired) electrons. The number of hydrogen-bond donors (Lipinski definition) is 2. The Kier molecular flexibility index (Phi) is 4.03. The zero-order valence-electron chi connectivity index (χ0n) is 15.2. The second-order valence-electron chi connectivity index (χ2n) is 7.66. The van der Waals surface area contributed by atoms with Gasteiger partial charge in [-0.05, 0) is 55.2 Å². The summed E-state index contributed by atoms with van der Waals surface area (Å²) in [7, 11) is -3.53. The van der Waals surface area contributed by atoms with Crippen molar-refractivity contribution in [1.82, 2.24) is 14.6 Å². The Morgan fingerprint density at radius 2 is 1.89 bits per heavy atom. The minimum Gasteiger partial charge on any atom is -0.361 e. The first-order valence-electron chi connectivity index (χ1n) is 9.47. The lowest BCUT2D eigenvalue weighted by Crippen LogP contribution is -2.47. The normalized spacial score (nSPS) is 24.1. The molecule has 2 bridgehead atoms. The number of sulfonamides is 1. The number of rotatable bonds is 4. The molecule has 2 fully saturated rings. The van der Waals surface area contributed by atoms with Crippen LogP contribution in [0.4, 0.5) is 0 Å². The lowest BCUT2D eigenvalue weighted by Gasteiger charge is -2.32. The number of H-pyrrole nitrogens is 1. The minimum absolute atomic E-state index is 0.0277. The quantitative estimate of drug-likeness (QED) is 0.713. The van der Waals surface area contributed by atoms with Crippen LogP contribution in [0.25, 0.3) is 10.9 Å². The standard InChI is InChI=1S/C21H21N3O3S/c25-21(15-6-7-19-14(10-15)8-9-22-19)24-13-16-11-17(24)12-20(16)23-28(26,27)18-4-2-1-3-5-18/h1-10,16-17,20,22-23H,11-13H2. The number of piperidine rings is 1. The first-order chi connectivity index (χ1) is 13.5. The van der Waals surface area contributed by atoms with Crippen LogP contribution in [-0.4, -0.2) is 42.8 Å². The Hall–Kier alpha value is -2.64. The highest BCUT2D eigenvalue weighted by atomic mass is 32.2. The van der Waals surface area contributed by atoms with E-state index >= 15 is 0 Å².